The van der Waals surface area contributed by atoms with Crippen molar-refractivity contribution in [2.24, 2.45) is 0 Å². The molecule has 2 aromatic heterocycles. The van der Waals surface area contributed by atoms with E-state index >= 15 is 0 Å². The molecule has 31 heavy (non-hydrogen) atoms. The average Bonchev–Trinajstić information content (AvgIpc) is 3.15. The van der Waals surface area contributed by atoms with Gasteiger partial charge in [-0.25, -0.2) is 4.98 Å². The third-order valence-electron chi connectivity index (χ3n) is 4.52. The molecular weight excluding hydrogens is 413 g/mol. The highest BCUT2D eigenvalue weighted by Crippen LogP contribution is 2.29. The summed E-state index contributed by atoms with van der Waals surface area (Å²) in [6.45, 7) is 1.55. The zero-order valence-electron chi connectivity index (χ0n) is 16.1. The molecule has 0 radical (unpaired) electrons. The SMILES string of the molecule is Cc1ccc(-n2nnc3c(=O)n(CC(=O)Nc4ccc(C(F)(F)F)cc4)cnc32)cc1. The highest BCUT2D eigenvalue weighted by atomic mass is 19.4. The average molecular weight is 428 g/mol. The van der Waals surface area contributed by atoms with Crippen LogP contribution in [0, 0.1) is 6.92 Å². The minimum absolute atomic E-state index is 0.00888. The zero-order chi connectivity index (χ0) is 22.2. The smallest absolute Gasteiger partial charge is 0.325 e. The van der Waals surface area contributed by atoms with Crippen LogP contribution in [0.25, 0.3) is 16.9 Å². The van der Waals surface area contributed by atoms with Crippen molar-refractivity contribution in [3.05, 3.63) is 76.3 Å². The summed E-state index contributed by atoms with van der Waals surface area (Å²) >= 11 is 0. The third kappa shape index (κ3) is 4.15. The Bertz CT molecular complexity index is 1310. The lowest BCUT2D eigenvalue weighted by atomic mass is 10.2. The van der Waals surface area contributed by atoms with Gasteiger partial charge in [-0.1, -0.05) is 22.9 Å². The normalized spacial score (nSPS) is 11.6. The van der Waals surface area contributed by atoms with Gasteiger partial charge >= 0.3 is 6.18 Å². The fraction of sp³-hybridized carbons (Fsp3) is 0.150. The highest BCUT2D eigenvalue weighted by molar-refractivity contribution is 5.90. The van der Waals surface area contributed by atoms with Crippen molar-refractivity contribution in [3.63, 3.8) is 0 Å². The first-order valence-corrected chi connectivity index (χ1v) is 9.07. The molecule has 0 unspecified atom stereocenters. The maximum atomic E-state index is 12.7. The molecule has 158 valence electrons. The molecule has 11 heteroatoms. The quantitative estimate of drug-likeness (QED) is 0.539. The Morgan fingerprint density at radius 2 is 1.74 bits per heavy atom. The minimum atomic E-state index is -4.47. The van der Waals surface area contributed by atoms with Gasteiger partial charge in [0.1, 0.15) is 12.9 Å². The van der Waals surface area contributed by atoms with Crippen LogP contribution in [0.1, 0.15) is 11.1 Å². The second-order valence-electron chi connectivity index (χ2n) is 6.81. The molecular formula is C20H15F3N6O2. The summed E-state index contributed by atoms with van der Waals surface area (Å²) in [5, 5.41) is 10.3. The van der Waals surface area contributed by atoms with Gasteiger partial charge < -0.3 is 5.32 Å². The molecule has 4 aromatic rings. The Balaban J connectivity index is 1.53. The molecule has 0 spiro atoms. The van der Waals surface area contributed by atoms with E-state index in [1.165, 1.54) is 11.0 Å². The van der Waals surface area contributed by atoms with Gasteiger partial charge in [-0.15, -0.1) is 5.10 Å². The van der Waals surface area contributed by atoms with Gasteiger partial charge in [0.25, 0.3) is 5.56 Å². The molecule has 0 aliphatic rings. The van der Waals surface area contributed by atoms with Crippen LogP contribution in [0.15, 0.2) is 59.7 Å². The second-order valence-corrected chi connectivity index (χ2v) is 6.81. The summed E-state index contributed by atoms with van der Waals surface area (Å²) in [5.74, 6) is -0.603. The van der Waals surface area contributed by atoms with Gasteiger partial charge in [-0.2, -0.15) is 17.9 Å². The summed E-state index contributed by atoms with van der Waals surface area (Å²) in [4.78, 5) is 29.1. The van der Waals surface area contributed by atoms with Crippen LogP contribution < -0.4 is 10.9 Å². The molecule has 8 nitrogen and oxygen atoms in total. The number of halogens is 3. The standard InChI is InChI=1S/C20H15F3N6O2/c1-12-2-8-15(9-3-12)29-18-17(26-27-29)19(31)28(11-24-18)10-16(30)25-14-6-4-13(5-7-14)20(21,22)23/h2-9,11H,10H2,1H3,(H,25,30). The number of anilines is 1. The lowest BCUT2D eigenvalue weighted by Gasteiger charge is -2.09. The first-order valence-electron chi connectivity index (χ1n) is 9.07. The van der Waals surface area contributed by atoms with Crippen molar-refractivity contribution in [1.82, 2.24) is 24.5 Å². The van der Waals surface area contributed by atoms with E-state index < -0.39 is 23.2 Å². The molecule has 0 saturated heterocycles. The van der Waals surface area contributed by atoms with E-state index in [-0.39, 0.29) is 23.4 Å². The van der Waals surface area contributed by atoms with E-state index in [1.807, 2.05) is 31.2 Å². The van der Waals surface area contributed by atoms with E-state index in [0.29, 0.717) is 5.69 Å². The van der Waals surface area contributed by atoms with Crippen molar-refractivity contribution >= 4 is 22.8 Å². The molecule has 0 fully saturated rings. The van der Waals surface area contributed by atoms with Crippen LogP contribution in [-0.2, 0) is 17.5 Å². The van der Waals surface area contributed by atoms with Gasteiger partial charge in [0.15, 0.2) is 11.2 Å². The summed E-state index contributed by atoms with van der Waals surface area (Å²) in [6.07, 6.45) is -3.27. The Hall–Kier alpha value is -4.02. The molecule has 0 bridgehead atoms. The number of aromatic nitrogens is 5. The number of nitrogens with zero attached hydrogens (tertiary/aromatic N) is 5. The zero-order valence-corrected chi connectivity index (χ0v) is 16.1. The Kier molecular flexibility index (Phi) is 5.01. The summed E-state index contributed by atoms with van der Waals surface area (Å²) in [5.41, 5.74) is 0.753. The van der Waals surface area contributed by atoms with Crippen molar-refractivity contribution in [3.8, 4) is 5.69 Å². The summed E-state index contributed by atoms with van der Waals surface area (Å²) < 4.78 is 40.3. The second kappa shape index (κ2) is 7.67. The highest BCUT2D eigenvalue weighted by Gasteiger charge is 2.30. The van der Waals surface area contributed by atoms with Gasteiger partial charge in [-0.3, -0.25) is 14.2 Å². The van der Waals surface area contributed by atoms with Gasteiger partial charge in [-0.05, 0) is 43.3 Å². The number of aryl methyl sites for hydroxylation is 1. The molecule has 0 aliphatic heterocycles. The lowest BCUT2D eigenvalue weighted by molar-refractivity contribution is -0.137. The van der Waals surface area contributed by atoms with Crippen LogP contribution in [-0.4, -0.2) is 30.5 Å². The molecule has 2 aromatic carbocycles. The molecule has 0 aliphatic carbocycles. The third-order valence-corrected chi connectivity index (χ3v) is 4.52. The molecule has 1 amide bonds. The van der Waals surface area contributed by atoms with Crippen LogP contribution in [0.3, 0.4) is 0 Å². The Morgan fingerprint density at radius 1 is 1.06 bits per heavy atom. The first-order chi connectivity index (χ1) is 14.7. The molecule has 1 N–H and O–H groups in total. The number of alkyl halides is 3. The lowest BCUT2D eigenvalue weighted by Crippen LogP contribution is -2.28. The monoisotopic (exact) mass is 428 g/mol. The van der Waals surface area contributed by atoms with Crippen LogP contribution in [0.2, 0.25) is 0 Å². The Morgan fingerprint density at radius 3 is 2.39 bits per heavy atom. The van der Waals surface area contributed by atoms with Crippen molar-refractivity contribution < 1.29 is 18.0 Å². The van der Waals surface area contributed by atoms with Gasteiger partial charge in [0.2, 0.25) is 5.91 Å². The molecule has 0 saturated carbocycles. The maximum absolute atomic E-state index is 12.7. The van der Waals surface area contributed by atoms with Crippen LogP contribution in [0.5, 0.6) is 0 Å². The number of carbonyl (C=O) groups excluding carboxylic acids is 1. The Labute approximate surface area is 173 Å². The van der Waals surface area contributed by atoms with Crippen molar-refractivity contribution in [1.29, 1.82) is 0 Å². The van der Waals surface area contributed by atoms with Crippen molar-refractivity contribution in [2.75, 3.05) is 5.32 Å². The molecule has 4 rings (SSSR count). The number of nitrogens with one attached hydrogen (secondary N) is 1. The van der Waals surface area contributed by atoms with E-state index in [0.717, 1.165) is 34.4 Å². The number of hydrogen-bond donors (Lipinski definition) is 1. The minimum Gasteiger partial charge on any atom is -0.325 e. The molecule has 2 heterocycles. The fourth-order valence-corrected chi connectivity index (χ4v) is 2.91. The maximum Gasteiger partial charge on any atom is 0.416 e. The fourth-order valence-electron chi connectivity index (χ4n) is 2.91. The van der Waals surface area contributed by atoms with E-state index in [9.17, 15) is 22.8 Å². The summed E-state index contributed by atoms with van der Waals surface area (Å²) in [7, 11) is 0. The summed E-state index contributed by atoms with van der Waals surface area (Å²) in [6, 6.07) is 11.4. The van der Waals surface area contributed by atoms with Crippen LogP contribution in [0.4, 0.5) is 18.9 Å². The molecule has 0 atom stereocenters. The van der Waals surface area contributed by atoms with Crippen LogP contribution >= 0.6 is 0 Å². The number of carbonyl (C=O) groups is 1. The van der Waals surface area contributed by atoms with E-state index in [2.05, 4.69) is 20.6 Å². The number of benzene rings is 2. The number of fused-ring (bicyclic) bond motifs is 1. The largest absolute Gasteiger partial charge is 0.416 e. The number of rotatable bonds is 4. The number of hydrogen-bond acceptors (Lipinski definition) is 5. The van der Waals surface area contributed by atoms with E-state index in [1.54, 1.807) is 0 Å². The van der Waals surface area contributed by atoms with Gasteiger partial charge in [0.05, 0.1) is 11.3 Å². The van der Waals surface area contributed by atoms with E-state index in [4.69, 9.17) is 0 Å². The van der Waals surface area contributed by atoms with Crippen molar-refractivity contribution in [2.45, 2.75) is 19.6 Å². The first kappa shape index (κ1) is 20.3. The topological polar surface area (TPSA) is 94.7 Å². The predicted octanol–water partition coefficient (Wildman–Crippen LogP) is 2.94. The number of amides is 1. The predicted molar refractivity (Wildman–Crippen MR) is 106 cm³/mol. The van der Waals surface area contributed by atoms with Gasteiger partial charge in [0, 0.05) is 5.69 Å².